The van der Waals surface area contributed by atoms with Crippen LogP contribution in [0.3, 0.4) is 0 Å². The summed E-state index contributed by atoms with van der Waals surface area (Å²) >= 11 is 0. The Labute approximate surface area is 125 Å². The van der Waals surface area contributed by atoms with E-state index in [1.54, 1.807) is 0 Å². The monoisotopic (exact) mass is 298 g/mol. The maximum Gasteiger partial charge on any atom is 0.248 e. The molecule has 5 heteroatoms. The molecular formula is C16H24F2N2O. The summed E-state index contributed by atoms with van der Waals surface area (Å²) < 4.78 is 26.3. The van der Waals surface area contributed by atoms with Gasteiger partial charge in [-0.05, 0) is 25.7 Å². The number of halogens is 2. The third kappa shape index (κ3) is 4.39. The van der Waals surface area contributed by atoms with E-state index in [9.17, 15) is 18.8 Å². The van der Waals surface area contributed by atoms with Gasteiger partial charge >= 0.3 is 0 Å². The summed E-state index contributed by atoms with van der Waals surface area (Å²) in [5.41, 5.74) is -0.780. The molecule has 1 N–H and O–H groups in total. The molecule has 0 aromatic heterocycles. The molecule has 0 bridgehead atoms. The van der Waals surface area contributed by atoms with Crippen molar-refractivity contribution in [2.75, 3.05) is 0 Å². The smallest absolute Gasteiger partial charge is 0.248 e. The van der Waals surface area contributed by atoms with Crippen LogP contribution in [0.15, 0.2) is 0 Å². The van der Waals surface area contributed by atoms with E-state index in [0.717, 1.165) is 25.7 Å². The van der Waals surface area contributed by atoms with Gasteiger partial charge in [0.1, 0.15) is 5.54 Å². The third-order valence-corrected chi connectivity index (χ3v) is 4.87. The Bertz CT molecular complexity index is 399. The highest BCUT2D eigenvalue weighted by molar-refractivity contribution is 5.80. The number of carbonyl (C=O) groups is 1. The Kier molecular flexibility index (Phi) is 5.18. The van der Waals surface area contributed by atoms with E-state index in [-0.39, 0.29) is 37.5 Å². The largest absolute Gasteiger partial charge is 0.338 e. The molecule has 2 aliphatic carbocycles. The zero-order valence-electron chi connectivity index (χ0n) is 12.5. The average Bonchev–Trinajstić information content (AvgIpc) is 2.42. The Balaban J connectivity index is 1.94. The van der Waals surface area contributed by atoms with E-state index in [0.29, 0.717) is 12.8 Å². The van der Waals surface area contributed by atoms with Crippen molar-refractivity contribution < 1.29 is 13.6 Å². The zero-order chi connectivity index (χ0) is 15.3. The summed E-state index contributed by atoms with van der Waals surface area (Å²) in [6, 6.07) is 2.29. The molecule has 0 atom stereocenters. The second kappa shape index (κ2) is 6.72. The van der Waals surface area contributed by atoms with Gasteiger partial charge in [0.15, 0.2) is 0 Å². The van der Waals surface area contributed by atoms with Crippen molar-refractivity contribution in [1.29, 1.82) is 5.26 Å². The lowest BCUT2D eigenvalue weighted by atomic mass is 9.82. The highest BCUT2D eigenvalue weighted by Crippen LogP contribution is 2.36. The number of alkyl halides is 2. The molecule has 2 rings (SSSR count). The highest BCUT2D eigenvalue weighted by Gasteiger charge is 2.40. The summed E-state index contributed by atoms with van der Waals surface area (Å²) in [6.45, 7) is 0. The number of rotatable bonds is 2. The average molecular weight is 298 g/mol. The molecule has 0 aliphatic heterocycles. The second-order valence-electron chi connectivity index (χ2n) is 6.58. The van der Waals surface area contributed by atoms with Gasteiger partial charge in [0.25, 0.3) is 0 Å². The predicted octanol–water partition coefficient (Wildman–Crippen LogP) is 3.93. The van der Waals surface area contributed by atoms with Crippen LogP contribution < -0.4 is 5.32 Å². The summed E-state index contributed by atoms with van der Waals surface area (Å²) in [7, 11) is 0. The summed E-state index contributed by atoms with van der Waals surface area (Å²) in [5, 5.41) is 12.4. The molecule has 0 saturated heterocycles. The van der Waals surface area contributed by atoms with Gasteiger partial charge in [-0.3, -0.25) is 4.79 Å². The SMILES string of the molecule is N#CC1(NC(=O)C2CCC(F)(F)CC2)CCCCCCC1. The van der Waals surface area contributed by atoms with Gasteiger partial charge in [-0.15, -0.1) is 0 Å². The number of nitrogens with zero attached hydrogens (tertiary/aromatic N) is 1. The number of hydrogen-bond donors (Lipinski definition) is 1. The van der Waals surface area contributed by atoms with Crippen molar-refractivity contribution >= 4 is 5.91 Å². The first-order valence-electron chi connectivity index (χ1n) is 8.08. The molecule has 2 fully saturated rings. The van der Waals surface area contributed by atoms with E-state index < -0.39 is 11.5 Å². The van der Waals surface area contributed by atoms with Crippen LogP contribution in [-0.2, 0) is 4.79 Å². The van der Waals surface area contributed by atoms with Crippen LogP contribution in [0.1, 0.15) is 70.6 Å². The predicted molar refractivity (Wildman–Crippen MR) is 75.7 cm³/mol. The summed E-state index contributed by atoms with van der Waals surface area (Å²) in [5.74, 6) is -3.18. The lowest BCUT2D eigenvalue weighted by molar-refractivity contribution is -0.130. The molecule has 2 saturated carbocycles. The molecule has 118 valence electrons. The standard InChI is InChI=1S/C16H24F2N2O/c17-16(18)10-6-13(7-11-16)14(21)20-15(12-19)8-4-2-1-3-5-9-15/h13H,1-11H2,(H,20,21). The minimum atomic E-state index is -2.62. The Morgan fingerprint density at radius 3 is 2.05 bits per heavy atom. The highest BCUT2D eigenvalue weighted by atomic mass is 19.3. The van der Waals surface area contributed by atoms with Crippen molar-refractivity contribution in [2.24, 2.45) is 5.92 Å². The quantitative estimate of drug-likeness (QED) is 0.839. The molecule has 0 radical (unpaired) electrons. The molecule has 0 unspecified atom stereocenters. The van der Waals surface area contributed by atoms with Gasteiger partial charge < -0.3 is 5.32 Å². The number of carbonyl (C=O) groups excluding carboxylic acids is 1. The first-order chi connectivity index (χ1) is 9.96. The van der Waals surface area contributed by atoms with Gasteiger partial charge in [-0.2, -0.15) is 5.26 Å². The van der Waals surface area contributed by atoms with Crippen molar-refractivity contribution in [3.63, 3.8) is 0 Å². The Morgan fingerprint density at radius 2 is 1.52 bits per heavy atom. The van der Waals surface area contributed by atoms with Gasteiger partial charge in [-0.25, -0.2) is 8.78 Å². The molecule has 0 aromatic carbocycles. The van der Waals surface area contributed by atoms with Crippen molar-refractivity contribution in [3.05, 3.63) is 0 Å². The van der Waals surface area contributed by atoms with Gasteiger partial charge in [0.05, 0.1) is 6.07 Å². The Morgan fingerprint density at radius 1 is 1.00 bits per heavy atom. The second-order valence-corrected chi connectivity index (χ2v) is 6.58. The van der Waals surface area contributed by atoms with E-state index in [2.05, 4.69) is 11.4 Å². The molecular weight excluding hydrogens is 274 g/mol. The molecule has 0 aromatic rings. The summed E-state index contributed by atoms with van der Waals surface area (Å²) in [6.07, 6.45) is 6.62. The van der Waals surface area contributed by atoms with Crippen LogP contribution in [0.5, 0.6) is 0 Å². The summed E-state index contributed by atoms with van der Waals surface area (Å²) in [4.78, 5) is 12.3. The molecule has 0 heterocycles. The minimum Gasteiger partial charge on any atom is -0.338 e. The molecule has 0 spiro atoms. The van der Waals surface area contributed by atoms with E-state index in [4.69, 9.17) is 0 Å². The fourth-order valence-electron chi connectivity index (χ4n) is 3.41. The maximum atomic E-state index is 13.2. The first-order valence-corrected chi connectivity index (χ1v) is 8.08. The number of nitriles is 1. The van der Waals surface area contributed by atoms with Crippen LogP contribution >= 0.6 is 0 Å². The number of hydrogen-bond acceptors (Lipinski definition) is 2. The number of amides is 1. The van der Waals surface area contributed by atoms with Crippen molar-refractivity contribution in [3.8, 4) is 6.07 Å². The topological polar surface area (TPSA) is 52.9 Å². The normalized spacial score (nSPS) is 26.1. The van der Waals surface area contributed by atoms with Gasteiger partial charge in [0.2, 0.25) is 11.8 Å². The molecule has 1 amide bonds. The van der Waals surface area contributed by atoms with Gasteiger partial charge in [0, 0.05) is 18.8 Å². The first kappa shape index (κ1) is 16.2. The van der Waals surface area contributed by atoms with Gasteiger partial charge in [-0.1, -0.05) is 32.1 Å². The maximum absolute atomic E-state index is 13.2. The number of nitrogens with one attached hydrogen (secondary N) is 1. The van der Waals surface area contributed by atoms with Crippen LogP contribution in [0.25, 0.3) is 0 Å². The fraction of sp³-hybridized carbons (Fsp3) is 0.875. The zero-order valence-corrected chi connectivity index (χ0v) is 12.5. The van der Waals surface area contributed by atoms with Crippen LogP contribution in [0.2, 0.25) is 0 Å². The van der Waals surface area contributed by atoms with E-state index >= 15 is 0 Å². The molecule has 21 heavy (non-hydrogen) atoms. The minimum absolute atomic E-state index is 0.201. The van der Waals surface area contributed by atoms with E-state index in [1.807, 2.05) is 0 Å². The molecule has 3 nitrogen and oxygen atoms in total. The Hall–Kier alpha value is -1.18. The third-order valence-electron chi connectivity index (χ3n) is 4.87. The van der Waals surface area contributed by atoms with Crippen LogP contribution in [0.4, 0.5) is 8.78 Å². The van der Waals surface area contributed by atoms with Crippen LogP contribution in [0, 0.1) is 17.2 Å². The van der Waals surface area contributed by atoms with E-state index in [1.165, 1.54) is 6.42 Å². The van der Waals surface area contributed by atoms with Crippen molar-refractivity contribution in [1.82, 2.24) is 5.32 Å². The lowest BCUT2D eigenvalue weighted by Gasteiger charge is -2.33. The van der Waals surface area contributed by atoms with Crippen LogP contribution in [-0.4, -0.2) is 17.4 Å². The fourth-order valence-corrected chi connectivity index (χ4v) is 3.41. The lowest BCUT2D eigenvalue weighted by Crippen LogP contribution is -2.50. The molecule has 2 aliphatic rings. The van der Waals surface area contributed by atoms with Crippen molar-refractivity contribution in [2.45, 2.75) is 82.1 Å².